The van der Waals surface area contributed by atoms with Crippen LogP contribution in [-0.4, -0.2) is 72.2 Å². The molecule has 138 valence electrons. The number of carbonyl (C=O) groups excluding carboxylic acids is 2. The van der Waals surface area contributed by atoms with Gasteiger partial charge in [-0.15, -0.1) is 0 Å². The highest BCUT2D eigenvalue weighted by atomic mass is 16.5. The summed E-state index contributed by atoms with van der Waals surface area (Å²) in [6.45, 7) is 15.8. The SMILES string of the molecule is CC(C)(C)OCCN(CCOC(C)(C)C)CCN1C(=O)C=CC1=O. The maximum Gasteiger partial charge on any atom is 0.253 e. The molecule has 0 saturated carbocycles. The molecule has 6 nitrogen and oxygen atoms in total. The molecule has 0 fully saturated rings. The molecule has 0 aromatic rings. The molecular formula is C18H32N2O4. The lowest BCUT2D eigenvalue weighted by Gasteiger charge is -2.28. The van der Waals surface area contributed by atoms with Gasteiger partial charge in [0.2, 0.25) is 0 Å². The van der Waals surface area contributed by atoms with Crippen LogP contribution in [0.1, 0.15) is 41.5 Å². The number of nitrogens with zero attached hydrogens (tertiary/aromatic N) is 2. The number of hydrogen-bond donors (Lipinski definition) is 0. The molecule has 1 aliphatic heterocycles. The van der Waals surface area contributed by atoms with E-state index in [1.165, 1.54) is 17.1 Å². The summed E-state index contributed by atoms with van der Waals surface area (Å²) in [5.74, 6) is -0.478. The molecule has 0 bridgehead atoms. The van der Waals surface area contributed by atoms with Crippen molar-refractivity contribution in [3.05, 3.63) is 12.2 Å². The van der Waals surface area contributed by atoms with Crippen molar-refractivity contribution in [2.24, 2.45) is 0 Å². The molecule has 1 rings (SSSR count). The smallest absolute Gasteiger partial charge is 0.253 e. The standard InChI is InChI=1S/C18H32N2O4/c1-17(2,3)23-13-11-19(12-14-24-18(4,5)6)9-10-20-15(21)7-8-16(20)22/h7-8H,9-14H2,1-6H3. The Morgan fingerprint density at radius 3 is 1.62 bits per heavy atom. The second-order valence-electron chi connectivity index (χ2n) is 7.92. The number of carbonyl (C=O) groups is 2. The van der Waals surface area contributed by atoms with Crippen LogP contribution in [0.3, 0.4) is 0 Å². The number of ether oxygens (including phenoxy) is 2. The topological polar surface area (TPSA) is 59.1 Å². The molecule has 1 heterocycles. The molecule has 6 heteroatoms. The third-order valence-electron chi connectivity index (χ3n) is 3.43. The molecule has 0 aromatic heterocycles. The first-order valence-corrected chi connectivity index (χ1v) is 8.52. The zero-order valence-electron chi connectivity index (χ0n) is 15.9. The minimum Gasteiger partial charge on any atom is -0.375 e. The maximum atomic E-state index is 11.6. The van der Waals surface area contributed by atoms with Crippen molar-refractivity contribution < 1.29 is 19.1 Å². The number of amides is 2. The van der Waals surface area contributed by atoms with Gasteiger partial charge >= 0.3 is 0 Å². The van der Waals surface area contributed by atoms with Crippen LogP contribution in [0.2, 0.25) is 0 Å². The molecule has 1 aliphatic rings. The van der Waals surface area contributed by atoms with Crippen molar-refractivity contribution in [2.75, 3.05) is 39.4 Å². The maximum absolute atomic E-state index is 11.6. The molecule has 24 heavy (non-hydrogen) atoms. The third-order valence-corrected chi connectivity index (χ3v) is 3.43. The quantitative estimate of drug-likeness (QED) is 0.600. The lowest BCUT2D eigenvalue weighted by molar-refractivity contribution is -0.137. The lowest BCUT2D eigenvalue weighted by Crippen LogP contribution is -2.41. The minimum atomic E-state index is -0.239. The van der Waals surface area contributed by atoms with E-state index >= 15 is 0 Å². The van der Waals surface area contributed by atoms with Crippen LogP contribution in [-0.2, 0) is 19.1 Å². The summed E-state index contributed by atoms with van der Waals surface area (Å²) >= 11 is 0. The van der Waals surface area contributed by atoms with Gasteiger partial charge in [0.1, 0.15) is 0 Å². The molecule has 0 aromatic carbocycles. The van der Waals surface area contributed by atoms with E-state index in [0.717, 1.165) is 13.1 Å². The van der Waals surface area contributed by atoms with Crippen molar-refractivity contribution in [1.82, 2.24) is 9.80 Å². The average Bonchev–Trinajstić information content (AvgIpc) is 2.72. The first-order chi connectivity index (χ1) is 11.0. The lowest BCUT2D eigenvalue weighted by atomic mass is 10.2. The molecule has 0 N–H and O–H groups in total. The monoisotopic (exact) mass is 340 g/mol. The Balaban J connectivity index is 2.46. The van der Waals surface area contributed by atoms with Gasteiger partial charge in [-0.25, -0.2) is 0 Å². The summed E-state index contributed by atoms with van der Waals surface area (Å²) in [4.78, 5) is 26.7. The third kappa shape index (κ3) is 8.57. The van der Waals surface area contributed by atoms with Crippen LogP contribution in [0.15, 0.2) is 12.2 Å². The summed E-state index contributed by atoms with van der Waals surface area (Å²) in [6, 6.07) is 0. The largest absolute Gasteiger partial charge is 0.375 e. The Bertz CT molecular complexity index is 423. The van der Waals surface area contributed by atoms with Gasteiger partial charge in [-0.1, -0.05) is 0 Å². The summed E-state index contributed by atoms with van der Waals surface area (Å²) in [7, 11) is 0. The Labute approximate surface area is 145 Å². The Morgan fingerprint density at radius 2 is 1.25 bits per heavy atom. The van der Waals surface area contributed by atoms with E-state index in [-0.39, 0.29) is 23.0 Å². The van der Waals surface area contributed by atoms with Gasteiger partial charge in [-0.3, -0.25) is 19.4 Å². The van der Waals surface area contributed by atoms with Crippen LogP contribution in [0.25, 0.3) is 0 Å². The summed E-state index contributed by atoms with van der Waals surface area (Å²) in [6.07, 6.45) is 2.64. The first kappa shape index (κ1) is 20.8. The Hall–Kier alpha value is -1.24. The van der Waals surface area contributed by atoms with Crippen LogP contribution in [0.5, 0.6) is 0 Å². The number of rotatable bonds is 9. The highest BCUT2D eigenvalue weighted by Gasteiger charge is 2.23. The van der Waals surface area contributed by atoms with Crippen LogP contribution in [0.4, 0.5) is 0 Å². The second kappa shape index (κ2) is 8.74. The van der Waals surface area contributed by atoms with E-state index in [0.29, 0.717) is 26.3 Å². The molecule has 0 unspecified atom stereocenters. The molecular weight excluding hydrogens is 308 g/mol. The average molecular weight is 340 g/mol. The predicted molar refractivity (Wildman–Crippen MR) is 93.7 cm³/mol. The van der Waals surface area contributed by atoms with Crippen molar-refractivity contribution in [2.45, 2.75) is 52.7 Å². The van der Waals surface area contributed by atoms with Gasteiger partial charge in [0, 0.05) is 38.3 Å². The summed E-state index contributed by atoms with van der Waals surface area (Å²) in [5, 5.41) is 0. The van der Waals surface area contributed by atoms with E-state index < -0.39 is 0 Å². The summed E-state index contributed by atoms with van der Waals surface area (Å²) in [5.41, 5.74) is -0.364. The predicted octanol–water partition coefficient (Wildman–Crippen LogP) is 1.84. The van der Waals surface area contributed by atoms with Gasteiger partial charge in [0.15, 0.2) is 0 Å². The van der Waals surface area contributed by atoms with E-state index in [4.69, 9.17) is 9.47 Å². The minimum absolute atomic E-state index is 0.182. The Morgan fingerprint density at radius 1 is 0.833 bits per heavy atom. The molecule has 0 saturated heterocycles. The van der Waals surface area contributed by atoms with Crippen LogP contribution >= 0.6 is 0 Å². The molecule has 0 aliphatic carbocycles. The van der Waals surface area contributed by atoms with E-state index in [9.17, 15) is 9.59 Å². The fourth-order valence-corrected chi connectivity index (χ4v) is 2.19. The normalized spacial score (nSPS) is 15.9. The second-order valence-corrected chi connectivity index (χ2v) is 7.92. The van der Waals surface area contributed by atoms with Gasteiger partial charge in [0.05, 0.1) is 24.4 Å². The molecule has 0 radical (unpaired) electrons. The number of hydrogen-bond acceptors (Lipinski definition) is 5. The first-order valence-electron chi connectivity index (χ1n) is 8.52. The van der Waals surface area contributed by atoms with Crippen molar-refractivity contribution in [3.8, 4) is 0 Å². The van der Waals surface area contributed by atoms with Crippen LogP contribution in [0, 0.1) is 0 Å². The van der Waals surface area contributed by atoms with E-state index in [1.54, 1.807) is 0 Å². The fourth-order valence-electron chi connectivity index (χ4n) is 2.19. The van der Waals surface area contributed by atoms with E-state index in [2.05, 4.69) is 4.90 Å². The highest BCUT2D eigenvalue weighted by molar-refractivity contribution is 6.12. The molecule has 0 spiro atoms. The molecule has 0 atom stereocenters. The van der Waals surface area contributed by atoms with Crippen LogP contribution < -0.4 is 0 Å². The Kier molecular flexibility index (Phi) is 7.57. The van der Waals surface area contributed by atoms with Gasteiger partial charge in [-0.05, 0) is 41.5 Å². The zero-order chi connectivity index (χ0) is 18.4. The van der Waals surface area contributed by atoms with Crippen molar-refractivity contribution >= 4 is 11.8 Å². The zero-order valence-corrected chi connectivity index (χ0v) is 15.9. The van der Waals surface area contributed by atoms with Gasteiger partial charge in [-0.2, -0.15) is 0 Å². The van der Waals surface area contributed by atoms with Gasteiger partial charge < -0.3 is 9.47 Å². The fraction of sp³-hybridized carbons (Fsp3) is 0.778. The number of imide groups is 1. The molecule has 2 amide bonds. The van der Waals surface area contributed by atoms with Gasteiger partial charge in [0.25, 0.3) is 11.8 Å². The summed E-state index contributed by atoms with van der Waals surface area (Å²) < 4.78 is 11.6. The highest BCUT2D eigenvalue weighted by Crippen LogP contribution is 2.09. The van der Waals surface area contributed by atoms with Crippen molar-refractivity contribution in [3.63, 3.8) is 0 Å². The van der Waals surface area contributed by atoms with E-state index in [1.807, 2.05) is 41.5 Å². The van der Waals surface area contributed by atoms with Crippen molar-refractivity contribution in [1.29, 1.82) is 0 Å².